The predicted octanol–water partition coefficient (Wildman–Crippen LogP) is 2.55. The summed E-state index contributed by atoms with van der Waals surface area (Å²) in [7, 11) is 0. The standard InChI is InChI=1S/C13H17NO2/c1-8(2)12(13(15)16)10-7-14-11-6-4-3-5-9(10)11/h3-6,8,10,12,14H,7H2,1-2H3,(H,15,16). The second-order valence-corrected chi connectivity index (χ2v) is 4.68. The number of carbonyl (C=O) groups is 1. The van der Waals surface area contributed by atoms with Gasteiger partial charge in [-0.05, 0) is 17.5 Å². The van der Waals surface area contributed by atoms with Gasteiger partial charge >= 0.3 is 5.97 Å². The van der Waals surface area contributed by atoms with E-state index in [2.05, 4.69) is 5.32 Å². The van der Waals surface area contributed by atoms with Gasteiger partial charge in [0.25, 0.3) is 0 Å². The molecule has 3 heteroatoms. The molecule has 0 bridgehead atoms. The monoisotopic (exact) mass is 219 g/mol. The van der Waals surface area contributed by atoms with Crippen molar-refractivity contribution in [2.24, 2.45) is 11.8 Å². The van der Waals surface area contributed by atoms with Crippen LogP contribution in [0.3, 0.4) is 0 Å². The van der Waals surface area contributed by atoms with E-state index in [0.717, 1.165) is 17.8 Å². The highest BCUT2D eigenvalue weighted by Gasteiger charge is 2.35. The molecule has 2 rings (SSSR count). The van der Waals surface area contributed by atoms with Crippen LogP contribution in [0.2, 0.25) is 0 Å². The quantitative estimate of drug-likeness (QED) is 0.821. The minimum atomic E-state index is -0.696. The van der Waals surface area contributed by atoms with Gasteiger partial charge in [0, 0.05) is 18.2 Å². The maximum Gasteiger partial charge on any atom is 0.307 e. The molecule has 2 atom stereocenters. The molecular formula is C13H17NO2. The summed E-state index contributed by atoms with van der Waals surface area (Å²) in [4.78, 5) is 11.3. The van der Waals surface area contributed by atoms with Crippen LogP contribution in [0.4, 0.5) is 5.69 Å². The van der Waals surface area contributed by atoms with Gasteiger partial charge in [-0.2, -0.15) is 0 Å². The summed E-state index contributed by atoms with van der Waals surface area (Å²) in [6.45, 7) is 4.67. The molecule has 1 aromatic carbocycles. The second-order valence-electron chi connectivity index (χ2n) is 4.68. The summed E-state index contributed by atoms with van der Waals surface area (Å²) in [6, 6.07) is 7.98. The number of hydrogen-bond acceptors (Lipinski definition) is 2. The first kappa shape index (κ1) is 11.0. The van der Waals surface area contributed by atoms with E-state index >= 15 is 0 Å². The molecule has 0 saturated heterocycles. The molecule has 1 aliphatic heterocycles. The number of carboxylic acid groups (broad SMARTS) is 1. The van der Waals surface area contributed by atoms with Gasteiger partial charge in [0.05, 0.1) is 5.92 Å². The minimum absolute atomic E-state index is 0.0914. The lowest BCUT2D eigenvalue weighted by molar-refractivity contribution is -0.144. The number of hydrogen-bond donors (Lipinski definition) is 2. The number of anilines is 1. The van der Waals surface area contributed by atoms with E-state index in [0.29, 0.717) is 0 Å². The zero-order valence-electron chi connectivity index (χ0n) is 9.60. The van der Waals surface area contributed by atoms with Crippen molar-refractivity contribution >= 4 is 11.7 Å². The molecule has 1 aromatic rings. The Morgan fingerprint density at radius 1 is 1.44 bits per heavy atom. The summed E-state index contributed by atoms with van der Waals surface area (Å²) in [5, 5.41) is 12.6. The van der Waals surface area contributed by atoms with Crippen LogP contribution >= 0.6 is 0 Å². The van der Waals surface area contributed by atoms with Crippen LogP contribution in [0.1, 0.15) is 25.3 Å². The van der Waals surface area contributed by atoms with E-state index in [-0.39, 0.29) is 17.8 Å². The molecule has 0 fully saturated rings. The highest BCUT2D eigenvalue weighted by Crippen LogP contribution is 2.39. The van der Waals surface area contributed by atoms with Crippen molar-refractivity contribution in [2.45, 2.75) is 19.8 Å². The maximum absolute atomic E-state index is 11.3. The first-order valence-corrected chi connectivity index (χ1v) is 5.67. The van der Waals surface area contributed by atoms with Crippen LogP contribution < -0.4 is 5.32 Å². The third kappa shape index (κ3) is 1.77. The van der Waals surface area contributed by atoms with Crippen LogP contribution in [0.5, 0.6) is 0 Å². The largest absolute Gasteiger partial charge is 0.481 e. The average Bonchev–Trinajstić information content (AvgIpc) is 2.61. The molecule has 0 spiro atoms. The molecule has 1 heterocycles. The van der Waals surface area contributed by atoms with Gasteiger partial charge in [0.15, 0.2) is 0 Å². The zero-order valence-corrected chi connectivity index (χ0v) is 9.60. The number of nitrogens with one attached hydrogen (secondary N) is 1. The first-order valence-electron chi connectivity index (χ1n) is 5.67. The molecule has 86 valence electrons. The van der Waals surface area contributed by atoms with Gasteiger partial charge in [-0.25, -0.2) is 0 Å². The topological polar surface area (TPSA) is 49.3 Å². The fourth-order valence-corrected chi connectivity index (χ4v) is 2.55. The van der Waals surface area contributed by atoms with Crippen LogP contribution in [0.15, 0.2) is 24.3 Å². The molecule has 0 amide bonds. The summed E-state index contributed by atoms with van der Waals surface area (Å²) < 4.78 is 0. The third-order valence-electron chi connectivity index (χ3n) is 3.31. The van der Waals surface area contributed by atoms with Crippen molar-refractivity contribution in [2.75, 3.05) is 11.9 Å². The summed E-state index contributed by atoms with van der Waals surface area (Å²) >= 11 is 0. The van der Waals surface area contributed by atoms with Gasteiger partial charge in [-0.1, -0.05) is 32.0 Å². The van der Waals surface area contributed by atoms with E-state index in [1.165, 1.54) is 0 Å². The Labute approximate surface area is 95.5 Å². The smallest absolute Gasteiger partial charge is 0.307 e. The Balaban J connectivity index is 2.33. The van der Waals surface area contributed by atoms with Crippen LogP contribution in [-0.4, -0.2) is 17.6 Å². The SMILES string of the molecule is CC(C)C(C(=O)O)C1CNc2ccccc21. The van der Waals surface area contributed by atoms with Crippen molar-refractivity contribution in [1.29, 1.82) is 0 Å². The van der Waals surface area contributed by atoms with Gasteiger partial charge in [-0.3, -0.25) is 4.79 Å². The van der Waals surface area contributed by atoms with Crippen LogP contribution in [0.25, 0.3) is 0 Å². The van der Waals surface area contributed by atoms with Crippen LogP contribution in [-0.2, 0) is 4.79 Å². The minimum Gasteiger partial charge on any atom is -0.481 e. The lowest BCUT2D eigenvalue weighted by atomic mass is 9.80. The number of fused-ring (bicyclic) bond motifs is 1. The number of carboxylic acids is 1. The highest BCUT2D eigenvalue weighted by molar-refractivity contribution is 5.74. The molecule has 16 heavy (non-hydrogen) atoms. The van der Waals surface area contributed by atoms with Gasteiger partial charge in [0.1, 0.15) is 0 Å². The molecule has 2 unspecified atom stereocenters. The molecule has 0 radical (unpaired) electrons. The van der Waals surface area contributed by atoms with E-state index in [1.807, 2.05) is 38.1 Å². The molecule has 0 aliphatic carbocycles. The molecule has 0 saturated carbocycles. The van der Waals surface area contributed by atoms with Crippen molar-refractivity contribution in [3.05, 3.63) is 29.8 Å². The second kappa shape index (κ2) is 4.16. The van der Waals surface area contributed by atoms with Crippen molar-refractivity contribution in [3.8, 4) is 0 Å². The molecule has 1 aliphatic rings. The number of para-hydroxylation sites is 1. The van der Waals surface area contributed by atoms with E-state index in [4.69, 9.17) is 0 Å². The zero-order chi connectivity index (χ0) is 11.7. The van der Waals surface area contributed by atoms with Crippen molar-refractivity contribution in [3.63, 3.8) is 0 Å². The van der Waals surface area contributed by atoms with Crippen LogP contribution in [0, 0.1) is 11.8 Å². The number of aliphatic carboxylic acids is 1. The van der Waals surface area contributed by atoms with Gasteiger partial charge in [-0.15, -0.1) is 0 Å². The normalized spacial score (nSPS) is 20.3. The molecular weight excluding hydrogens is 202 g/mol. The van der Waals surface area contributed by atoms with Crippen molar-refractivity contribution < 1.29 is 9.90 Å². The van der Waals surface area contributed by atoms with Crippen molar-refractivity contribution in [1.82, 2.24) is 0 Å². The highest BCUT2D eigenvalue weighted by atomic mass is 16.4. The Hall–Kier alpha value is -1.51. The fraction of sp³-hybridized carbons (Fsp3) is 0.462. The van der Waals surface area contributed by atoms with E-state index in [1.54, 1.807) is 0 Å². The average molecular weight is 219 g/mol. The third-order valence-corrected chi connectivity index (χ3v) is 3.31. The molecule has 0 aromatic heterocycles. The predicted molar refractivity (Wildman–Crippen MR) is 63.6 cm³/mol. The number of benzene rings is 1. The number of rotatable bonds is 3. The first-order chi connectivity index (χ1) is 7.61. The van der Waals surface area contributed by atoms with Gasteiger partial charge < -0.3 is 10.4 Å². The fourth-order valence-electron chi connectivity index (χ4n) is 2.55. The Bertz CT molecular complexity index is 401. The summed E-state index contributed by atoms with van der Waals surface area (Å²) in [5.74, 6) is -0.765. The maximum atomic E-state index is 11.3. The lowest BCUT2D eigenvalue weighted by Gasteiger charge is -2.22. The molecule has 3 nitrogen and oxygen atoms in total. The lowest BCUT2D eigenvalue weighted by Crippen LogP contribution is -2.28. The van der Waals surface area contributed by atoms with Gasteiger partial charge in [0.2, 0.25) is 0 Å². The summed E-state index contributed by atoms with van der Waals surface area (Å²) in [6.07, 6.45) is 0. The van der Waals surface area contributed by atoms with E-state index in [9.17, 15) is 9.90 Å². The molecule has 2 N–H and O–H groups in total. The summed E-state index contributed by atoms with van der Waals surface area (Å²) in [5.41, 5.74) is 2.23. The Kier molecular flexibility index (Phi) is 2.86. The Morgan fingerprint density at radius 3 is 2.75 bits per heavy atom. The Morgan fingerprint density at radius 2 is 2.12 bits per heavy atom. The van der Waals surface area contributed by atoms with E-state index < -0.39 is 5.97 Å².